The number of halogens is 21. The van der Waals surface area contributed by atoms with Gasteiger partial charge in [0.2, 0.25) is 18.2 Å². The summed E-state index contributed by atoms with van der Waals surface area (Å²) in [6.45, 7) is 0. The van der Waals surface area contributed by atoms with E-state index < -0.39 is 67.7 Å². The van der Waals surface area contributed by atoms with E-state index in [9.17, 15) is 107 Å². The van der Waals surface area contributed by atoms with E-state index in [0.717, 1.165) is 0 Å². The summed E-state index contributed by atoms with van der Waals surface area (Å²) in [5.74, 6) is -72.7. The molecule has 0 aliphatic carbocycles. The number of carbonyl (C=O) groups excluding carboxylic acids is 3. The lowest BCUT2D eigenvalue weighted by molar-refractivity contribution is -0.472. The molecule has 0 aliphatic rings. The molecule has 236 valence electrons. The Kier molecular flexibility index (Phi) is 9.25. The highest BCUT2D eigenvalue weighted by atomic mass is 28.4. The van der Waals surface area contributed by atoms with Gasteiger partial charge in [-0.05, 0) is 0 Å². The Morgan fingerprint density at radius 1 is 0.341 bits per heavy atom. The van der Waals surface area contributed by atoms with E-state index in [1.807, 2.05) is 0 Å². The molecule has 0 rings (SSSR count). The molecule has 0 aromatic rings. The Bertz CT molecular complexity index is 1120. The molecule has 0 N–H and O–H groups in total. The molecule has 0 saturated heterocycles. The van der Waals surface area contributed by atoms with E-state index in [1.54, 1.807) is 0 Å². The quantitative estimate of drug-likeness (QED) is 0.115. The molecule has 0 amide bonds. The Balaban J connectivity index is 7.60. The van der Waals surface area contributed by atoms with Crippen molar-refractivity contribution in [1.29, 1.82) is 0 Å². The SMILES string of the molecule is O=C=N[Si](N=C=O)(N=C=O)C(F)(F)C(F)(F)C(F)(F)C(F)(F)C(F)(F)C(F)(F)C(F)(F)C(F)(F)C(F)(F)C(F)(F)F. The lowest BCUT2D eigenvalue weighted by Crippen LogP contribution is -2.78. The second kappa shape index (κ2) is 10.0. The van der Waals surface area contributed by atoms with E-state index in [0.29, 0.717) is 0 Å². The smallest absolute Gasteiger partial charge is 0.212 e. The number of hydrogen-bond donors (Lipinski definition) is 0. The minimum Gasteiger partial charge on any atom is -0.212 e. The Morgan fingerprint density at radius 3 is 0.732 bits per heavy atom. The second-order valence-corrected chi connectivity index (χ2v) is 9.48. The van der Waals surface area contributed by atoms with Gasteiger partial charge in [0.25, 0.3) is 0 Å². The Hall–Kier alpha value is -3.11. The van der Waals surface area contributed by atoms with Crippen LogP contribution in [0.4, 0.5) is 92.2 Å². The van der Waals surface area contributed by atoms with Gasteiger partial charge in [0.1, 0.15) is 0 Å². The highest BCUT2D eigenvalue weighted by Gasteiger charge is 2.99. The summed E-state index contributed by atoms with van der Waals surface area (Å²) < 4.78 is 285. The molecular weight excluding hydrogens is 673 g/mol. The fourth-order valence-electron chi connectivity index (χ4n) is 2.25. The Morgan fingerprint density at radius 2 is 0.537 bits per heavy atom. The van der Waals surface area contributed by atoms with Crippen LogP contribution >= 0.6 is 0 Å². The molecule has 0 heterocycles. The largest absolute Gasteiger partial charge is 0.547 e. The van der Waals surface area contributed by atoms with Crippen LogP contribution in [0, 0.1) is 0 Å². The van der Waals surface area contributed by atoms with Gasteiger partial charge in [-0.15, -0.1) is 0 Å². The highest BCUT2D eigenvalue weighted by molar-refractivity contribution is 6.79. The molecule has 0 unspecified atom stereocenters. The molecule has 0 bridgehead atoms. The van der Waals surface area contributed by atoms with E-state index in [4.69, 9.17) is 0 Å². The summed E-state index contributed by atoms with van der Waals surface area (Å²) >= 11 is 0. The van der Waals surface area contributed by atoms with Crippen LogP contribution in [0.25, 0.3) is 0 Å². The maximum atomic E-state index is 14.3. The number of isocyanates is 3. The predicted octanol–water partition coefficient (Wildman–Crippen LogP) is 5.75. The molecule has 0 atom stereocenters. The normalized spacial score (nSPS) is 16.6. The molecule has 41 heavy (non-hydrogen) atoms. The van der Waals surface area contributed by atoms with Crippen LogP contribution < -0.4 is 0 Å². The molecule has 28 heteroatoms. The van der Waals surface area contributed by atoms with Crippen LogP contribution in [0.1, 0.15) is 0 Å². The molecule has 0 aromatic carbocycles. The maximum absolute atomic E-state index is 14.3. The summed E-state index contributed by atoms with van der Waals surface area (Å²) in [6.07, 6.45) is -9.02. The molecule has 0 spiro atoms. The van der Waals surface area contributed by atoms with Gasteiger partial charge < -0.3 is 0 Å². The highest BCUT2D eigenvalue weighted by Crippen LogP contribution is 2.66. The predicted molar refractivity (Wildman–Crippen MR) is 80.7 cm³/mol. The van der Waals surface area contributed by atoms with Crippen molar-refractivity contribution in [3.8, 4) is 0 Å². The van der Waals surface area contributed by atoms with Crippen LogP contribution in [-0.2, 0) is 14.4 Å². The first-order chi connectivity index (χ1) is 17.7. The van der Waals surface area contributed by atoms with Crippen LogP contribution in [0.2, 0.25) is 0 Å². The van der Waals surface area contributed by atoms with Gasteiger partial charge >= 0.3 is 67.7 Å². The van der Waals surface area contributed by atoms with E-state index in [1.165, 1.54) is 14.0 Å². The number of hydrogen-bond acceptors (Lipinski definition) is 6. The average Bonchev–Trinajstić information content (AvgIpc) is 2.77. The van der Waals surface area contributed by atoms with Crippen LogP contribution in [0.15, 0.2) is 14.0 Å². The van der Waals surface area contributed by atoms with Crippen molar-refractivity contribution in [3.05, 3.63) is 0 Å². The lowest BCUT2D eigenvalue weighted by atomic mass is 9.87. The summed E-state index contributed by atoms with van der Waals surface area (Å²) in [5.41, 5.74) is -7.71. The van der Waals surface area contributed by atoms with Crippen LogP contribution in [-0.4, -0.2) is 85.9 Å². The third-order valence-corrected chi connectivity index (χ3v) is 6.90. The molecule has 0 aliphatic heterocycles. The lowest BCUT2D eigenvalue weighted by Gasteiger charge is -2.44. The molecular formula is C13F21N3O3Si. The average molecular weight is 673 g/mol. The van der Waals surface area contributed by atoms with Crippen molar-refractivity contribution < 1.29 is 107 Å². The zero-order valence-corrected chi connectivity index (χ0v) is 18.5. The second-order valence-electron chi connectivity index (χ2n) is 6.91. The zero-order chi connectivity index (χ0) is 33.7. The molecule has 0 saturated carbocycles. The van der Waals surface area contributed by atoms with Crippen molar-refractivity contribution in [2.75, 3.05) is 0 Å². The van der Waals surface area contributed by atoms with Gasteiger partial charge in [-0.1, -0.05) is 0 Å². The maximum Gasteiger partial charge on any atom is 0.547 e. The van der Waals surface area contributed by atoms with Crippen molar-refractivity contribution in [2.45, 2.75) is 59.1 Å². The molecule has 0 fully saturated rings. The van der Waals surface area contributed by atoms with Gasteiger partial charge in [0, 0.05) is 0 Å². The van der Waals surface area contributed by atoms with Gasteiger partial charge in [0.15, 0.2) is 0 Å². The third-order valence-electron chi connectivity index (χ3n) is 4.54. The summed E-state index contributed by atoms with van der Waals surface area (Å²) in [6, 6.07) is 0. The topological polar surface area (TPSA) is 88.3 Å². The van der Waals surface area contributed by atoms with Crippen molar-refractivity contribution in [2.24, 2.45) is 14.0 Å². The standard InChI is InChI=1S/C13F21N3O3Si/c14-4(15,6(18,19)8(22,23)10(26,27)12(30,31)32)5(16,17)7(20,21)9(24,25)11(28,29)13(33,34)41(35-1-38,36-2-39)37-3-40. The first-order valence-corrected chi connectivity index (χ1v) is 10.3. The van der Waals surface area contributed by atoms with Gasteiger partial charge in [-0.3, -0.25) is 0 Å². The van der Waals surface area contributed by atoms with E-state index in [-0.39, 0.29) is 18.2 Å². The first kappa shape index (κ1) is 37.9. The molecule has 0 aromatic heterocycles. The van der Waals surface area contributed by atoms with Gasteiger partial charge in [-0.2, -0.15) is 106 Å². The summed E-state index contributed by atoms with van der Waals surface area (Å²) in [5, 5.41) is 0. The van der Waals surface area contributed by atoms with Crippen molar-refractivity contribution in [3.63, 3.8) is 0 Å². The van der Waals surface area contributed by atoms with Gasteiger partial charge in [-0.25, -0.2) is 14.4 Å². The van der Waals surface area contributed by atoms with Crippen LogP contribution in [0.3, 0.4) is 0 Å². The fourth-order valence-corrected chi connectivity index (χ4v) is 3.78. The molecule has 6 nitrogen and oxygen atoms in total. The molecule has 0 radical (unpaired) electrons. The van der Waals surface area contributed by atoms with E-state index in [2.05, 4.69) is 0 Å². The van der Waals surface area contributed by atoms with Crippen molar-refractivity contribution >= 4 is 26.8 Å². The zero-order valence-electron chi connectivity index (χ0n) is 17.5. The summed E-state index contributed by atoms with van der Waals surface area (Å²) in [7, 11) is -7.78. The van der Waals surface area contributed by atoms with Gasteiger partial charge in [0.05, 0.1) is 0 Å². The number of alkyl halides is 21. The first-order valence-electron chi connectivity index (χ1n) is 8.42. The fraction of sp³-hybridized carbons (Fsp3) is 0.769. The Labute approximate surface area is 207 Å². The number of rotatable bonds is 12. The van der Waals surface area contributed by atoms with E-state index >= 15 is 0 Å². The van der Waals surface area contributed by atoms with Crippen molar-refractivity contribution in [1.82, 2.24) is 0 Å². The third kappa shape index (κ3) is 4.59. The summed E-state index contributed by atoms with van der Waals surface area (Å²) in [4.78, 5) is 30.5. The number of nitrogens with zero attached hydrogens (tertiary/aromatic N) is 3. The monoisotopic (exact) mass is 673 g/mol. The van der Waals surface area contributed by atoms with Crippen LogP contribution in [0.5, 0.6) is 0 Å². The minimum absolute atomic E-state index is 0.304. The minimum atomic E-state index is -9.42.